The molecule has 104 valence electrons. The van der Waals surface area contributed by atoms with Crippen LogP contribution in [0.1, 0.15) is 21.5 Å². The Morgan fingerprint density at radius 1 is 0.950 bits per heavy atom. The SMILES string of the molecule is Cc1cc(C)cc(OCCOc2ccccc2C=O)c1. The zero-order chi connectivity index (χ0) is 14.4. The molecule has 0 unspecified atom stereocenters. The molecule has 0 heterocycles. The molecule has 0 aliphatic heterocycles. The van der Waals surface area contributed by atoms with E-state index >= 15 is 0 Å². The number of hydrogen-bond donors (Lipinski definition) is 0. The van der Waals surface area contributed by atoms with Crippen molar-refractivity contribution in [2.24, 2.45) is 0 Å². The van der Waals surface area contributed by atoms with Crippen molar-refractivity contribution in [3.05, 3.63) is 59.2 Å². The molecule has 0 spiro atoms. The van der Waals surface area contributed by atoms with Crippen molar-refractivity contribution in [3.8, 4) is 11.5 Å². The van der Waals surface area contributed by atoms with Crippen LogP contribution in [0.5, 0.6) is 11.5 Å². The number of rotatable bonds is 6. The fourth-order valence-corrected chi connectivity index (χ4v) is 2.04. The van der Waals surface area contributed by atoms with Gasteiger partial charge in [-0.3, -0.25) is 4.79 Å². The van der Waals surface area contributed by atoms with Gasteiger partial charge >= 0.3 is 0 Å². The van der Waals surface area contributed by atoms with Gasteiger partial charge in [0.2, 0.25) is 0 Å². The summed E-state index contributed by atoms with van der Waals surface area (Å²) in [6.45, 7) is 4.92. The van der Waals surface area contributed by atoms with Crippen LogP contribution in [0.15, 0.2) is 42.5 Å². The van der Waals surface area contributed by atoms with E-state index in [0.717, 1.165) is 12.0 Å². The molecule has 3 heteroatoms. The van der Waals surface area contributed by atoms with Gasteiger partial charge in [-0.15, -0.1) is 0 Å². The monoisotopic (exact) mass is 270 g/mol. The van der Waals surface area contributed by atoms with Crippen molar-refractivity contribution in [2.45, 2.75) is 13.8 Å². The van der Waals surface area contributed by atoms with E-state index in [2.05, 4.69) is 6.07 Å². The summed E-state index contributed by atoms with van der Waals surface area (Å²) in [5, 5.41) is 0. The molecule has 0 radical (unpaired) electrons. The van der Waals surface area contributed by atoms with E-state index in [0.29, 0.717) is 24.5 Å². The van der Waals surface area contributed by atoms with Crippen LogP contribution in [0.2, 0.25) is 0 Å². The molecule has 2 aromatic carbocycles. The van der Waals surface area contributed by atoms with E-state index in [1.165, 1.54) is 11.1 Å². The highest BCUT2D eigenvalue weighted by molar-refractivity contribution is 5.79. The smallest absolute Gasteiger partial charge is 0.153 e. The van der Waals surface area contributed by atoms with Crippen LogP contribution >= 0.6 is 0 Å². The summed E-state index contributed by atoms with van der Waals surface area (Å²) in [6.07, 6.45) is 0.792. The highest BCUT2D eigenvalue weighted by Gasteiger charge is 2.02. The second-order valence-corrected chi connectivity index (χ2v) is 4.68. The third-order valence-corrected chi connectivity index (χ3v) is 2.85. The first kappa shape index (κ1) is 14.1. The molecule has 0 fully saturated rings. The largest absolute Gasteiger partial charge is 0.490 e. The molecule has 0 amide bonds. The summed E-state index contributed by atoms with van der Waals surface area (Å²) >= 11 is 0. The first-order valence-electron chi connectivity index (χ1n) is 6.57. The predicted octanol–water partition coefficient (Wildman–Crippen LogP) is 3.57. The molecule has 2 rings (SSSR count). The predicted molar refractivity (Wildman–Crippen MR) is 78.7 cm³/mol. The standard InChI is InChI=1S/C17H18O3/c1-13-9-14(2)11-16(10-13)19-7-8-20-17-6-4-3-5-15(17)12-18/h3-6,9-12H,7-8H2,1-2H3. The van der Waals surface area contributed by atoms with Gasteiger partial charge in [-0.25, -0.2) is 0 Å². The van der Waals surface area contributed by atoms with Gasteiger partial charge < -0.3 is 9.47 Å². The van der Waals surface area contributed by atoms with Crippen LogP contribution < -0.4 is 9.47 Å². The molecule has 0 atom stereocenters. The Kier molecular flexibility index (Phi) is 4.77. The zero-order valence-corrected chi connectivity index (χ0v) is 11.8. The van der Waals surface area contributed by atoms with Gasteiger partial charge in [-0.05, 0) is 49.2 Å². The van der Waals surface area contributed by atoms with Gasteiger partial charge in [0.15, 0.2) is 6.29 Å². The Balaban J connectivity index is 1.86. The Morgan fingerprint density at radius 3 is 2.30 bits per heavy atom. The zero-order valence-electron chi connectivity index (χ0n) is 11.8. The van der Waals surface area contributed by atoms with Gasteiger partial charge in [-0.2, -0.15) is 0 Å². The van der Waals surface area contributed by atoms with Crippen LogP contribution in [0.25, 0.3) is 0 Å². The second-order valence-electron chi connectivity index (χ2n) is 4.68. The Bertz CT molecular complexity index is 570. The average molecular weight is 270 g/mol. The molecule has 0 aliphatic rings. The van der Waals surface area contributed by atoms with Crippen molar-refractivity contribution in [1.29, 1.82) is 0 Å². The molecular weight excluding hydrogens is 252 g/mol. The van der Waals surface area contributed by atoms with E-state index in [1.54, 1.807) is 12.1 Å². The molecule has 0 bridgehead atoms. The summed E-state index contributed by atoms with van der Waals surface area (Å²) in [5.41, 5.74) is 2.90. The first-order valence-corrected chi connectivity index (χ1v) is 6.57. The highest BCUT2D eigenvalue weighted by atomic mass is 16.5. The van der Waals surface area contributed by atoms with Gasteiger partial charge in [0.25, 0.3) is 0 Å². The number of carbonyl (C=O) groups is 1. The summed E-state index contributed by atoms with van der Waals surface area (Å²) in [7, 11) is 0. The lowest BCUT2D eigenvalue weighted by molar-refractivity contribution is 0.111. The fourth-order valence-electron chi connectivity index (χ4n) is 2.04. The first-order chi connectivity index (χ1) is 9.69. The summed E-state index contributed by atoms with van der Waals surface area (Å²) < 4.78 is 11.2. The van der Waals surface area contributed by atoms with E-state index in [1.807, 2.05) is 38.1 Å². The van der Waals surface area contributed by atoms with Crippen LogP contribution in [0.3, 0.4) is 0 Å². The number of aryl methyl sites for hydroxylation is 2. The van der Waals surface area contributed by atoms with Crippen LogP contribution in [-0.4, -0.2) is 19.5 Å². The van der Waals surface area contributed by atoms with E-state index in [-0.39, 0.29) is 0 Å². The lowest BCUT2D eigenvalue weighted by atomic mass is 10.1. The number of carbonyl (C=O) groups excluding carboxylic acids is 1. The van der Waals surface area contributed by atoms with Crippen LogP contribution in [0.4, 0.5) is 0 Å². The lowest BCUT2D eigenvalue weighted by Gasteiger charge is -2.10. The molecule has 0 aliphatic carbocycles. The lowest BCUT2D eigenvalue weighted by Crippen LogP contribution is -2.10. The number of hydrogen-bond acceptors (Lipinski definition) is 3. The normalized spacial score (nSPS) is 10.1. The number of aldehydes is 1. The molecule has 20 heavy (non-hydrogen) atoms. The minimum Gasteiger partial charge on any atom is -0.490 e. The van der Waals surface area contributed by atoms with Crippen molar-refractivity contribution in [1.82, 2.24) is 0 Å². The van der Waals surface area contributed by atoms with Crippen LogP contribution in [0, 0.1) is 13.8 Å². The molecule has 0 saturated heterocycles. The number of benzene rings is 2. The van der Waals surface area contributed by atoms with Gasteiger partial charge in [0.05, 0.1) is 5.56 Å². The molecule has 0 N–H and O–H groups in total. The van der Waals surface area contributed by atoms with Crippen molar-refractivity contribution in [3.63, 3.8) is 0 Å². The molecular formula is C17H18O3. The maximum absolute atomic E-state index is 10.8. The van der Waals surface area contributed by atoms with Crippen molar-refractivity contribution >= 4 is 6.29 Å². The van der Waals surface area contributed by atoms with E-state index in [4.69, 9.17) is 9.47 Å². The topological polar surface area (TPSA) is 35.5 Å². The molecule has 0 saturated carbocycles. The van der Waals surface area contributed by atoms with Crippen molar-refractivity contribution < 1.29 is 14.3 Å². The summed E-state index contributed by atoms with van der Waals surface area (Å²) in [6, 6.07) is 13.2. The Morgan fingerprint density at radius 2 is 1.60 bits per heavy atom. The van der Waals surface area contributed by atoms with E-state index < -0.39 is 0 Å². The molecule has 3 nitrogen and oxygen atoms in total. The summed E-state index contributed by atoms with van der Waals surface area (Å²) in [5.74, 6) is 1.43. The van der Waals surface area contributed by atoms with Gasteiger partial charge in [0.1, 0.15) is 24.7 Å². The maximum Gasteiger partial charge on any atom is 0.153 e. The van der Waals surface area contributed by atoms with Gasteiger partial charge in [0, 0.05) is 0 Å². The third kappa shape index (κ3) is 3.85. The minimum atomic E-state index is 0.401. The quantitative estimate of drug-likeness (QED) is 0.594. The molecule has 2 aromatic rings. The van der Waals surface area contributed by atoms with Crippen LogP contribution in [-0.2, 0) is 0 Å². The summed E-state index contributed by atoms with van der Waals surface area (Å²) in [4.78, 5) is 10.8. The third-order valence-electron chi connectivity index (χ3n) is 2.85. The van der Waals surface area contributed by atoms with E-state index in [9.17, 15) is 4.79 Å². The Hall–Kier alpha value is -2.29. The maximum atomic E-state index is 10.8. The molecule has 0 aromatic heterocycles. The Labute approximate surface area is 119 Å². The van der Waals surface area contributed by atoms with Gasteiger partial charge in [-0.1, -0.05) is 18.2 Å². The number of para-hydroxylation sites is 1. The minimum absolute atomic E-state index is 0.401. The second kappa shape index (κ2) is 6.75. The fraction of sp³-hybridized carbons (Fsp3) is 0.235. The number of ether oxygens (including phenoxy) is 2. The average Bonchev–Trinajstić information content (AvgIpc) is 2.43. The highest BCUT2D eigenvalue weighted by Crippen LogP contribution is 2.17. The van der Waals surface area contributed by atoms with Crippen molar-refractivity contribution in [2.75, 3.05) is 13.2 Å².